The number of rotatable bonds is 36. The van der Waals surface area contributed by atoms with Crippen LogP contribution in [0.5, 0.6) is 0 Å². The lowest BCUT2D eigenvalue weighted by Gasteiger charge is -2.16. The standard InChI is InChI=1S/C39H76O5S2/c1-5-9-13-15-16-20-28-35(27-19-14-10-6-2)37(41)43-31-23-17-21-29-36(40)30-22-18-24-32-44-38(42)39(45-33-25-11-7-3)46-34-26-12-8-4/h35-36,39-40H,5-34H2,1-4H3. The summed E-state index contributed by atoms with van der Waals surface area (Å²) in [6.07, 6.45) is 28.4. The van der Waals surface area contributed by atoms with Crippen molar-refractivity contribution in [1.82, 2.24) is 0 Å². The summed E-state index contributed by atoms with van der Waals surface area (Å²) in [7, 11) is 0. The van der Waals surface area contributed by atoms with Gasteiger partial charge in [0.15, 0.2) is 0 Å². The van der Waals surface area contributed by atoms with E-state index in [4.69, 9.17) is 9.47 Å². The van der Waals surface area contributed by atoms with Crippen molar-refractivity contribution in [2.24, 2.45) is 5.92 Å². The molecule has 0 saturated heterocycles. The van der Waals surface area contributed by atoms with E-state index in [9.17, 15) is 14.7 Å². The fourth-order valence-corrected chi connectivity index (χ4v) is 8.17. The first kappa shape index (κ1) is 45.6. The molecule has 2 unspecified atom stereocenters. The van der Waals surface area contributed by atoms with Crippen LogP contribution < -0.4 is 0 Å². The highest BCUT2D eigenvalue weighted by atomic mass is 32.2. The van der Waals surface area contributed by atoms with Gasteiger partial charge in [-0.1, -0.05) is 130 Å². The Bertz CT molecular complexity index is 650. The van der Waals surface area contributed by atoms with Crippen LogP contribution in [0.25, 0.3) is 0 Å². The Balaban J connectivity index is 4.05. The zero-order chi connectivity index (χ0) is 33.9. The highest BCUT2D eigenvalue weighted by Gasteiger charge is 2.21. The molecule has 0 bridgehead atoms. The monoisotopic (exact) mass is 689 g/mol. The number of hydrogen-bond donors (Lipinski definition) is 1. The molecule has 0 aromatic heterocycles. The second kappa shape index (κ2) is 35.9. The average molecular weight is 689 g/mol. The maximum absolute atomic E-state index is 12.8. The van der Waals surface area contributed by atoms with Crippen molar-refractivity contribution in [3.8, 4) is 0 Å². The minimum Gasteiger partial charge on any atom is -0.465 e. The normalized spacial score (nSPS) is 12.8. The summed E-state index contributed by atoms with van der Waals surface area (Å²) in [5.41, 5.74) is 0. The van der Waals surface area contributed by atoms with Crippen LogP contribution in [-0.2, 0) is 19.1 Å². The lowest BCUT2D eigenvalue weighted by molar-refractivity contribution is -0.149. The number of ether oxygens (including phenoxy) is 2. The van der Waals surface area contributed by atoms with Gasteiger partial charge in [-0.15, -0.1) is 23.5 Å². The lowest BCUT2D eigenvalue weighted by Crippen LogP contribution is -2.19. The zero-order valence-electron chi connectivity index (χ0n) is 30.8. The van der Waals surface area contributed by atoms with Crippen molar-refractivity contribution in [1.29, 1.82) is 0 Å². The molecule has 7 heteroatoms. The summed E-state index contributed by atoms with van der Waals surface area (Å²) >= 11 is 3.51. The number of thioether (sulfide) groups is 2. The fourth-order valence-electron chi connectivity index (χ4n) is 5.63. The first-order chi connectivity index (χ1) is 22.5. The molecule has 0 aliphatic carbocycles. The van der Waals surface area contributed by atoms with E-state index in [1.807, 2.05) is 0 Å². The summed E-state index contributed by atoms with van der Waals surface area (Å²) in [6.45, 7) is 9.87. The van der Waals surface area contributed by atoms with Crippen LogP contribution in [0.15, 0.2) is 0 Å². The number of aliphatic hydroxyl groups excluding tert-OH is 1. The second-order valence-corrected chi connectivity index (χ2v) is 16.0. The van der Waals surface area contributed by atoms with Crippen molar-refractivity contribution in [2.45, 2.75) is 205 Å². The van der Waals surface area contributed by atoms with Gasteiger partial charge in [-0.05, 0) is 75.7 Å². The molecule has 0 aliphatic heterocycles. The Labute approximate surface area is 294 Å². The van der Waals surface area contributed by atoms with Gasteiger partial charge in [-0.2, -0.15) is 0 Å². The molecule has 0 amide bonds. The molecule has 1 N–H and O–H groups in total. The number of carbonyl (C=O) groups is 2. The van der Waals surface area contributed by atoms with Crippen LogP contribution in [0.3, 0.4) is 0 Å². The summed E-state index contributed by atoms with van der Waals surface area (Å²) in [5, 5.41) is 10.4. The van der Waals surface area contributed by atoms with E-state index < -0.39 is 0 Å². The van der Waals surface area contributed by atoms with E-state index in [0.29, 0.717) is 13.2 Å². The van der Waals surface area contributed by atoms with Gasteiger partial charge in [0, 0.05) is 0 Å². The van der Waals surface area contributed by atoms with Crippen molar-refractivity contribution < 1.29 is 24.2 Å². The molecule has 2 atom stereocenters. The predicted octanol–water partition coefficient (Wildman–Crippen LogP) is 12.1. The molecule has 0 fully saturated rings. The summed E-state index contributed by atoms with van der Waals surface area (Å²) in [5.74, 6) is 2.07. The summed E-state index contributed by atoms with van der Waals surface area (Å²) in [4.78, 5) is 25.5. The first-order valence-corrected chi connectivity index (χ1v) is 21.8. The Kier molecular flexibility index (Phi) is 35.6. The van der Waals surface area contributed by atoms with Crippen LogP contribution in [0, 0.1) is 5.92 Å². The third-order valence-corrected chi connectivity index (χ3v) is 11.6. The number of unbranched alkanes of at least 4 members (excludes halogenated alkanes) is 16. The SMILES string of the molecule is CCCCCCCCC(CCCCCC)C(=O)OCCCCCC(O)CCCCCOC(=O)C(SCCCCC)SCCCCC. The van der Waals surface area contributed by atoms with Gasteiger partial charge in [0.1, 0.15) is 4.58 Å². The molecule has 0 aromatic carbocycles. The van der Waals surface area contributed by atoms with Crippen molar-refractivity contribution in [3.63, 3.8) is 0 Å². The Hall–Kier alpha value is -0.400. The summed E-state index contributed by atoms with van der Waals surface area (Å²) < 4.78 is 11.3. The van der Waals surface area contributed by atoms with Crippen LogP contribution in [0.4, 0.5) is 0 Å². The molecule has 0 radical (unpaired) electrons. The molecular weight excluding hydrogens is 613 g/mol. The maximum atomic E-state index is 12.8. The highest BCUT2D eigenvalue weighted by Crippen LogP contribution is 2.28. The molecule has 0 rings (SSSR count). The molecule has 0 saturated carbocycles. The van der Waals surface area contributed by atoms with Gasteiger partial charge >= 0.3 is 11.9 Å². The number of carbonyl (C=O) groups excluding carboxylic acids is 2. The number of esters is 2. The quantitative estimate of drug-likeness (QED) is 0.0399. The fraction of sp³-hybridized carbons (Fsp3) is 0.949. The molecule has 46 heavy (non-hydrogen) atoms. The van der Waals surface area contributed by atoms with Gasteiger partial charge in [0.25, 0.3) is 0 Å². The van der Waals surface area contributed by atoms with Gasteiger partial charge in [0.2, 0.25) is 0 Å². The molecule has 0 spiro atoms. The number of aliphatic hydroxyl groups is 1. The van der Waals surface area contributed by atoms with E-state index in [1.165, 1.54) is 77.0 Å². The van der Waals surface area contributed by atoms with E-state index >= 15 is 0 Å². The third-order valence-electron chi connectivity index (χ3n) is 8.72. The largest absolute Gasteiger partial charge is 0.465 e. The van der Waals surface area contributed by atoms with Gasteiger partial charge in [0.05, 0.1) is 25.2 Å². The third kappa shape index (κ3) is 29.7. The molecule has 274 valence electrons. The van der Waals surface area contributed by atoms with Gasteiger partial charge in [-0.25, -0.2) is 4.79 Å². The van der Waals surface area contributed by atoms with Crippen LogP contribution in [0.2, 0.25) is 0 Å². The van der Waals surface area contributed by atoms with Crippen LogP contribution in [0.1, 0.15) is 195 Å². The maximum Gasteiger partial charge on any atom is 0.329 e. The minimum atomic E-state index is -0.279. The molecule has 0 aromatic rings. The first-order valence-electron chi connectivity index (χ1n) is 19.7. The summed E-state index contributed by atoms with van der Waals surface area (Å²) in [6, 6.07) is 0. The average Bonchev–Trinajstić information content (AvgIpc) is 3.05. The zero-order valence-corrected chi connectivity index (χ0v) is 32.5. The molecular formula is C39H76O5S2. The van der Waals surface area contributed by atoms with Gasteiger partial charge < -0.3 is 14.6 Å². The predicted molar refractivity (Wildman–Crippen MR) is 203 cm³/mol. The Morgan fingerprint density at radius 1 is 0.478 bits per heavy atom. The van der Waals surface area contributed by atoms with Gasteiger partial charge in [-0.3, -0.25) is 4.79 Å². The topological polar surface area (TPSA) is 72.8 Å². The Morgan fingerprint density at radius 3 is 1.35 bits per heavy atom. The minimum absolute atomic E-state index is 0.0164. The van der Waals surface area contributed by atoms with E-state index in [2.05, 4.69) is 27.7 Å². The van der Waals surface area contributed by atoms with Crippen molar-refractivity contribution in [2.75, 3.05) is 24.7 Å². The highest BCUT2D eigenvalue weighted by molar-refractivity contribution is 8.18. The molecule has 0 heterocycles. The van der Waals surface area contributed by atoms with Crippen LogP contribution in [-0.4, -0.2) is 52.5 Å². The van der Waals surface area contributed by atoms with Crippen LogP contribution >= 0.6 is 23.5 Å². The van der Waals surface area contributed by atoms with E-state index in [1.54, 1.807) is 23.5 Å². The molecule has 5 nitrogen and oxygen atoms in total. The lowest BCUT2D eigenvalue weighted by atomic mass is 9.94. The van der Waals surface area contributed by atoms with E-state index in [0.717, 1.165) is 101 Å². The van der Waals surface area contributed by atoms with Crippen molar-refractivity contribution >= 4 is 35.5 Å². The smallest absolute Gasteiger partial charge is 0.329 e. The van der Waals surface area contributed by atoms with E-state index in [-0.39, 0.29) is 28.5 Å². The molecule has 0 aliphatic rings. The second-order valence-electron chi connectivity index (χ2n) is 13.3. The number of hydrogen-bond acceptors (Lipinski definition) is 7. The van der Waals surface area contributed by atoms with Crippen molar-refractivity contribution in [3.05, 3.63) is 0 Å². The Morgan fingerprint density at radius 2 is 0.848 bits per heavy atom.